The van der Waals surface area contributed by atoms with Gasteiger partial charge in [0.25, 0.3) is 5.56 Å². The molecule has 0 spiro atoms. The van der Waals surface area contributed by atoms with Crippen molar-refractivity contribution in [2.75, 3.05) is 0 Å². The Morgan fingerprint density at radius 3 is 2.68 bits per heavy atom. The van der Waals surface area contributed by atoms with Gasteiger partial charge in [-0.05, 0) is 54.2 Å². The highest BCUT2D eigenvalue weighted by Gasteiger charge is 2.30. The molecule has 2 aromatic heterocycles. The molecular formula is C25H21F4N3OS. The van der Waals surface area contributed by atoms with Gasteiger partial charge >= 0.3 is 6.18 Å². The second-order valence-corrected chi connectivity index (χ2v) is 9.59. The first-order valence-electron chi connectivity index (χ1n) is 10.9. The molecule has 1 unspecified atom stereocenters. The first-order chi connectivity index (χ1) is 16.3. The third kappa shape index (κ3) is 4.63. The van der Waals surface area contributed by atoms with Crippen LogP contribution in [0.3, 0.4) is 0 Å². The van der Waals surface area contributed by atoms with E-state index < -0.39 is 11.7 Å². The molecule has 0 saturated carbocycles. The normalized spacial score (nSPS) is 16.1. The summed E-state index contributed by atoms with van der Waals surface area (Å²) in [5.41, 5.74) is 1.66. The molecule has 4 nitrogen and oxygen atoms in total. The molecule has 0 bridgehead atoms. The fraction of sp³-hybridized carbons (Fsp3) is 0.280. The fourth-order valence-corrected chi connectivity index (χ4v) is 5.65. The number of hydrogen-bond donors (Lipinski definition) is 1. The van der Waals surface area contributed by atoms with Gasteiger partial charge in [-0.15, -0.1) is 11.3 Å². The summed E-state index contributed by atoms with van der Waals surface area (Å²) in [5.74, 6) is -0.326. The van der Waals surface area contributed by atoms with E-state index in [1.807, 2.05) is 0 Å². The number of aryl methyl sites for hydroxylation is 1. The quantitative estimate of drug-likeness (QED) is 0.388. The lowest BCUT2D eigenvalue weighted by molar-refractivity contribution is -0.137. The van der Waals surface area contributed by atoms with Gasteiger partial charge in [-0.1, -0.05) is 30.3 Å². The van der Waals surface area contributed by atoms with Crippen molar-refractivity contribution in [1.82, 2.24) is 14.9 Å². The Labute approximate surface area is 196 Å². The average molecular weight is 488 g/mol. The van der Waals surface area contributed by atoms with Crippen LogP contribution in [0.15, 0.2) is 59.7 Å². The Morgan fingerprint density at radius 2 is 1.91 bits per heavy atom. The summed E-state index contributed by atoms with van der Waals surface area (Å²) >= 11 is 1.50. The average Bonchev–Trinajstić information content (AvgIpc) is 3.19. The van der Waals surface area contributed by atoms with E-state index in [1.165, 1.54) is 41.9 Å². The molecule has 0 aliphatic heterocycles. The minimum atomic E-state index is -4.36. The number of hydrogen-bond acceptors (Lipinski definition) is 4. The van der Waals surface area contributed by atoms with E-state index in [4.69, 9.17) is 0 Å². The summed E-state index contributed by atoms with van der Waals surface area (Å²) in [5, 5.41) is 4.01. The molecule has 2 aromatic carbocycles. The predicted molar refractivity (Wildman–Crippen MR) is 123 cm³/mol. The monoisotopic (exact) mass is 487 g/mol. The van der Waals surface area contributed by atoms with E-state index in [9.17, 15) is 22.4 Å². The molecule has 1 aliphatic carbocycles. The van der Waals surface area contributed by atoms with E-state index in [2.05, 4.69) is 10.3 Å². The number of benzene rings is 2. The molecule has 0 radical (unpaired) electrons. The van der Waals surface area contributed by atoms with Crippen molar-refractivity contribution in [1.29, 1.82) is 0 Å². The lowest BCUT2D eigenvalue weighted by Crippen LogP contribution is -2.34. The number of nitrogens with zero attached hydrogens (tertiary/aromatic N) is 2. The lowest BCUT2D eigenvalue weighted by atomic mass is 9.93. The predicted octanol–water partition coefficient (Wildman–Crippen LogP) is 5.31. The molecule has 9 heteroatoms. The van der Waals surface area contributed by atoms with Gasteiger partial charge in [0.15, 0.2) is 0 Å². The maximum Gasteiger partial charge on any atom is 0.416 e. The van der Waals surface area contributed by atoms with E-state index in [-0.39, 0.29) is 17.4 Å². The number of rotatable bonds is 5. The SMILES string of the molecule is O=c1c2c3c(sc2ncn1Cc1ccc(F)cc1)CC(NCc1cccc(C(F)(F)F)c1)CC3. The second kappa shape index (κ2) is 8.96. The molecule has 2 heterocycles. The minimum Gasteiger partial charge on any atom is -0.310 e. The van der Waals surface area contributed by atoms with Crippen LogP contribution in [0.2, 0.25) is 0 Å². The van der Waals surface area contributed by atoms with Crippen molar-refractivity contribution in [2.24, 2.45) is 0 Å². The van der Waals surface area contributed by atoms with Gasteiger partial charge in [-0.2, -0.15) is 13.2 Å². The van der Waals surface area contributed by atoms with Crippen LogP contribution in [0.4, 0.5) is 17.6 Å². The van der Waals surface area contributed by atoms with Crippen LogP contribution >= 0.6 is 11.3 Å². The van der Waals surface area contributed by atoms with Crippen LogP contribution < -0.4 is 10.9 Å². The third-order valence-corrected chi connectivity index (χ3v) is 7.31. The number of halogens is 4. The highest BCUT2D eigenvalue weighted by atomic mass is 32.1. The van der Waals surface area contributed by atoms with Crippen molar-refractivity contribution >= 4 is 21.6 Å². The van der Waals surface area contributed by atoms with E-state index in [0.717, 1.165) is 28.5 Å². The second-order valence-electron chi connectivity index (χ2n) is 8.51. The third-order valence-electron chi connectivity index (χ3n) is 6.15. The van der Waals surface area contributed by atoms with Crippen molar-refractivity contribution < 1.29 is 17.6 Å². The van der Waals surface area contributed by atoms with Crippen molar-refractivity contribution in [3.63, 3.8) is 0 Å². The molecular weight excluding hydrogens is 466 g/mol. The topological polar surface area (TPSA) is 46.9 Å². The van der Waals surface area contributed by atoms with Crippen LogP contribution in [0.5, 0.6) is 0 Å². The van der Waals surface area contributed by atoms with Crippen LogP contribution in [0, 0.1) is 5.82 Å². The van der Waals surface area contributed by atoms with Gasteiger partial charge in [-0.25, -0.2) is 9.37 Å². The van der Waals surface area contributed by atoms with E-state index >= 15 is 0 Å². The van der Waals surface area contributed by atoms with Crippen molar-refractivity contribution in [3.05, 3.63) is 98.2 Å². The maximum absolute atomic E-state index is 13.2. The maximum atomic E-state index is 13.2. The smallest absolute Gasteiger partial charge is 0.310 e. The van der Waals surface area contributed by atoms with Crippen molar-refractivity contribution in [2.45, 2.75) is 44.6 Å². The Bertz CT molecular complexity index is 1390. The summed E-state index contributed by atoms with van der Waals surface area (Å²) in [6, 6.07) is 11.5. The molecule has 0 fully saturated rings. The molecule has 1 N–H and O–H groups in total. The standard InChI is InChI=1S/C25H21F4N3OS/c26-18-6-4-15(5-7-18)13-32-14-31-23-22(24(32)33)20-9-8-19(11-21(20)34-23)30-12-16-2-1-3-17(10-16)25(27,28)29/h1-7,10,14,19,30H,8-9,11-13H2. The molecule has 4 aromatic rings. The Balaban J connectivity index is 1.32. The lowest BCUT2D eigenvalue weighted by Gasteiger charge is -2.23. The number of fused-ring (bicyclic) bond motifs is 3. The number of thiophene rings is 1. The van der Waals surface area contributed by atoms with Crippen LogP contribution in [-0.4, -0.2) is 15.6 Å². The number of alkyl halides is 3. The van der Waals surface area contributed by atoms with Crippen molar-refractivity contribution in [3.8, 4) is 0 Å². The van der Waals surface area contributed by atoms with Gasteiger partial charge in [0.1, 0.15) is 10.6 Å². The summed E-state index contributed by atoms with van der Waals surface area (Å²) < 4.78 is 53.6. The number of aromatic nitrogens is 2. The molecule has 0 saturated heterocycles. The summed E-state index contributed by atoms with van der Waals surface area (Å²) in [4.78, 5) is 19.5. The van der Waals surface area contributed by atoms with Crippen LogP contribution in [0.25, 0.3) is 10.2 Å². The first-order valence-corrected chi connectivity index (χ1v) is 11.7. The van der Waals surface area contributed by atoms with Gasteiger partial charge in [0, 0.05) is 17.5 Å². The Hall–Kier alpha value is -3.04. The molecule has 176 valence electrons. The van der Waals surface area contributed by atoms with Gasteiger partial charge in [0.05, 0.1) is 23.8 Å². The zero-order valence-corrected chi connectivity index (χ0v) is 18.8. The highest BCUT2D eigenvalue weighted by molar-refractivity contribution is 7.18. The van der Waals surface area contributed by atoms with Gasteiger partial charge in [-0.3, -0.25) is 9.36 Å². The van der Waals surface area contributed by atoms with Gasteiger partial charge < -0.3 is 5.32 Å². The fourth-order valence-electron chi connectivity index (χ4n) is 4.39. The molecule has 5 rings (SSSR count). The zero-order valence-electron chi connectivity index (χ0n) is 18.0. The van der Waals surface area contributed by atoms with Gasteiger partial charge in [0.2, 0.25) is 0 Å². The minimum absolute atomic E-state index is 0.108. The van der Waals surface area contributed by atoms with Crippen LogP contribution in [-0.2, 0) is 32.1 Å². The summed E-state index contributed by atoms with van der Waals surface area (Å²) in [7, 11) is 0. The summed E-state index contributed by atoms with van der Waals surface area (Å²) in [6.45, 7) is 0.658. The Morgan fingerprint density at radius 1 is 1.12 bits per heavy atom. The summed E-state index contributed by atoms with van der Waals surface area (Å²) in [6.07, 6.45) is -0.646. The highest BCUT2D eigenvalue weighted by Crippen LogP contribution is 2.34. The number of nitrogens with one attached hydrogen (secondary N) is 1. The molecule has 1 atom stereocenters. The Kier molecular flexibility index (Phi) is 5.99. The van der Waals surface area contributed by atoms with E-state index in [0.29, 0.717) is 41.7 Å². The molecule has 34 heavy (non-hydrogen) atoms. The van der Waals surface area contributed by atoms with Crippen LogP contribution in [0.1, 0.15) is 33.6 Å². The largest absolute Gasteiger partial charge is 0.416 e. The van der Waals surface area contributed by atoms with E-state index in [1.54, 1.807) is 22.8 Å². The zero-order chi connectivity index (χ0) is 23.9. The molecule has 0 amide bonds. The molecule has 1 aliphatic rings. The first kappa shape index (κ1) is 22.7.